The van der Waals surface area contributed by atoms with E-state index >= 15 is 0 Å². The third-order valence-corrected chi connectivity index (χ3v) is 6.10. The smallest absolute Gasteiger partial charge is 0.169 e. The van der Waals surface area contributed by atoms with E-state index in [1.165, 1.54) is 12.3 Å². The van der Waals surface area contributed by atoms with Gasteiger partial charge < -0.3 is 10.6 Å². The Morgan fingerprint density at radius 2 is 2.24 bits per heavy atom. The van der Waals surface area contributed by atoms with Crippen LogP contribution in [-0.4, -0.2) is 44.1 Å². The van der Waals surface area contributed by atoms with Gasteiger partial charge in [-0.2, -0.15) is 11.8 Å². The zero-order valence-corrected chi connectivity index (χ0v) is 13.9. The van der Waals surface area contributed by atoms with Crippen molar-refractivity contribution >= 4 is 27.3 Å². The Morgan fingerprint density at radius 1 is 1.52 bits per heavy atom. The number of hydrogen-bond donors (Lipinski definition) is 1. The third-order valence-electron chi connectivity index (χ3n) is 3.46. The average Bonchev–Trinajstić information content (AvgIpc) is 2.37. The van der Waals surface area contributed by atoms with Crippen LogP contribution in [0.1, 0.15) is 12.5 Å². The average molecular weight is 332 g/mol. The van der Waals surface area contributed by atoms with Crippen molar-refractivity contribution in [1.29, 1.82) is 0 Å². The minimum absolute atomic E-state index is 0.0367. The van der Waals surface area contributed by atoms with Crippen LogP contribution in [0.15, 0.2) is 18.2 Å². The van der Waals surface area contributed by atoms with Gasteiger partial charge in [0.15, 0.2) is 9.84 Å². The number of anilines is 1. The Bertz CT molecular complexity index is 605. The molecule has 0 spiro atoms. The lowest BCUT2D eigenvalue weighted by molar-refractivity contribution is 0.578. The highest BCUT2D eigenvalue weighted by Gasteiger charge is 2.32. The number of sulfone groups is 1. The monoisotopic (exact) mass is 332 g/mol. The molecule has 4 nitrogen and oxygen atoms in total. The Kier molecular flexibility index (Phi) is 5.16. The van der Waals surface area contributed by atoms with Gasteiger partial charge in [0, 0.05) is 30.3 Å². The molecular formula is C14H21FN2O2S2. The number of hydrogen-bond acceptors (Lipinski definition) is 5. The van der Waals surface area contributed by atoms with Gasteiger partial charge in [-0.25, -0.2) is 12.8 Å². The molecule has 2 rings (SSSR count). The topological polar surface area (TPSA) is 63.4 Å². The molecule has 0 amide bonds. The molecule has 21 heavy (non-hydrogen) atoms. The van der Waals surface area contributed by atoms with E-state index in [-0.39, 0.29) is 11.9 Å². The summed E-state index contributed by atoms with van der Waals surface area (Å²) in [6.07, 6.45) is 1.81. The van der Waals surface area contributed by atoms with Crippen LogP contribution in [0.3, 0.4) is 0 Å². The van der Waals surface area contributed by atoms with Gasteiger partial charge in [-0.3, -0.25) is 0 Å². The lowest BCUT2D eigenvalue weighted by Crippen LogP contribution is -2.47. The van der Waals surface area contributed by atoms with Gasteiger partial charge in [0.25, 0.3) is 0 Å². The molecule has 0 radical (unpaired) electrons. The summed E-state index contributed by atoms with van der Waals surface area (Å²) in [5.74, 6) is 0.890. The van der Waals surface area contributed by atoms with Gasteiger partial charge in [-0.15, -0.1) is 0 Å². The van der Waals surface area contributed by atoms with Gasteiger partial charge in [-0.1, -0.05) is 6.07 Å². The molecule has 1 fully saturated rings. The molecule has 2 unspecified atom stereocenters. The summed E-state index contributed by atoms with van der Waals surface area (Å²) >= 11 is 1.59. The van der Waals surface area contributed by atoms with Crippen LogP contribution in [0, 0.1) is 5.82 Å². The van der Waals surface area contributed by atoms with Crippen LogP contribution < -0.4 is 10.6 Å². The minimum atomic E-state index is -3.25. The first-order valence-electron chi connectivity index (χ1n) is 6.86. The van der Waals surface area contributed by atoms with Crippen molar-refractivity contribution in [2.24, 2.45) is 5.73 Å². The van der Waals surface area contributed by atoms with Crippen molar-refractivity contribution in [3.8, 4) is 0 Å². The number of nitrogens with two attached hydrogens (primary N) is 1. The molecule has 0 bridgehead atoms. The van der Waals surface area contributed by atoms with Crippen molar-refractivity contribution in [2.45, 2.75) is 24.8 Å². The number of thioether (sulfide) groups is 1. The molecule has 1 saturated heterocycles. The molecule has 118 valence electrons. The highest BCUT2D eigenvalue weighted by Crippen LogP contribution is 2.29. The zero-order chi connectivity index (χ0) is 15.6. The predicted octanol–water partition coefficient (Wildman–Crippen LogP) is 1.64. The van der Waals surface area contributed by atoms with Crippen LogP contribution in [-0.2, 0) is 16.3 Å². The van der Waals surface area contributed by atoms with Crippen LogP contribution in [0.5, 0.6) is 0 Å². The second kappa shape index (κ2) is 6.54. The molecule has 7 heteroatoms. The van der Waals surface area contributed by atoms with Gasteiger partial charge in [0.1, 0.15) is 11.2 Å². The first kappa shape index (κ1) is 16.6. The summed E-state index contributed by atoms with van der Waals surface area (Å²) in [6, 6.07) is 4.91. The summed E-state index contributed by atoms with van der Waals surface area (Å²) in [4.78, 5) is 1.66. The third kappa shape index (κ3) is 4.11. The molecule has 2 atom stereocenters. The second-order valence-electron chi connectivity index (χ2n) is 5.52. The van der Waals surface area contributed by atoms with E-state index in [1.54, 1.807) is 22.7 Å². The maximum absolute atomic E-state index is 14.4. The second-order valence-corrected chi connectivity index (χ2v) is 8.87. The Morgan fingerprint density at radius 3 is 2.81 bits per heavy atom. The van der Waals surface area contributed by atoms with Gasteiger partial charge in [0.05, 0.1) is 5.69 Å². The number of nitrogens with zero attached hydrogens (tertiary/aromatic N) is 1. The van der Waals surface area contributed by atoms with E-state index in [1.807, 2.05) is 13.0 Å². The van der Waals surface area contributed by atoms with Crippen molar-refractivity contribution in [2.75, 3.05) is 29.2 Å². The van der Waals surface area contributed by atoms with Gasteiger partial charge in [0.2, 0.25) is 0 Å². The van der Waals surface area contributed by atoms with Crippen molar-refractivity contribution in [1.82, 2.24) is 0 Å². The molecule has 1 aliphatic heterocycles. The van der Waals surface area contributed by atoms with E-state index in [0.29, 0.717) is 24.4 Å². The van der Waals surface area contributed by atoms with Crippen molar-refractivity contribution in [3.05, 3.63) is 29.6 Å². The Balaban J connectivity index is 2.31. The van der Waals surface area contributed by atoms with Crippen LogP contribution in [0.2, 0.25) is 0 Å². The minimum Gasteiger partial charge on any atom is -0.351 e. The number of halogens is 1. The summed E-state index contributed by atoms with van der Waals surface area (Å²) in [7, 11) is -3.25. The predicted molar refractivity (Wildman–Crippen MR) is 87.1 cm³/mol. The van der Waals surface area contributed by atoms with Crippen molar-refractivity contribution in [3.63, 3.8) is 0 Å². The zero-order valence-electron chi connectivity index (χ0n) is 12.3. The Labute approximate surface area is 129 Å². The highest BCUT2D eigenvalue weighted by molar-refractivity contribution is 8.01. The highest BCUT2D eigenvalue weighted by atomic mass is 32.2. The van der Waals surface area contributed by atoms with Crippen LogP contribution >= 0.6 is 11.8 Å². The first-order valence-corrected chi connectivity index (χ1v) is 9.97. The fourth-order valence-electron chi connectivity index (χ4n) is 2.49. The molecule has 0 aliphatic carbocycles. The molecule has 0 aromatic heterocycles. The molecule has 1 aliphatic rings. The van der Waals surface area contributed by atoms with E-state index in [4.69, 9.17) is 5.73 Å². The fraction of sp³-hybridized carbons (Fsp3) is 0.571. The molecule has 0 saturated carbocycles. The van der Waals surface area contributed by atoms with Gasteiger partial charge >= 0.3 is 0 Å². The molecular weight excluding hydrogens is 311 g/mol. The number of rotatable bonds is 4. The summed E-state index contributed by atoms with van der Waals surface area (Å²) < 4.78 is 38.2. The quantitative estimate of drug-likeness (QED) is 0.908. The van der Waals surface area contributed by atoms with E-state index < -0.39 is 15.2 Å². The van der Waals surface area contributed by atoms with Crippen LogP contribution in [0.4, 0.5) is 10.1 Å². The summed E-state index contributed by atoms with van der Waals surface area (Å²) in [5, 5.41) is -0.662. The Hall–Kier alpha value is -0.790. The first-order chi connectivity index (χ1) is 9.79. The molecule has 1 aromatic rings. The SMILES string of the molecule is CC(N)Cc1ccc(N2CCSCC2S(C)(=O)=O)c(F)c1. The summed E-state index contributed by atoms with van der Waals surface area (Å²) in [5.41, 5.74) is 6.91. The lowest BCUT2D eigenvalue weighted by atomic mass is 10.1. The maximum atomic E-state index is 14.4. The van der Waals surface area contributed by atoms with Gasteiger partial charge in [-0.05, 0) is 31.0 Å². The maximum Gasteiger partial charge on any atom is 0.169 e. The molecule has 1 aromatic carbocycles. The number of benzene rings is 1. The van der Waals surface area contributed by atoms with E-state index in [2.05, 4.69) is 0 Å². The van der Waals surface area contributed by atoms with Crippen molar-refractivity contribution < 1.29 is 12.8 Å². The van der Waals surface area contributed by atoms with E-state index in [9.17, 15) is 12.8 Å². The largest absolute Gasteiger partial charge is 0.351 e. The standard InChI is InChI=1S/C14H21FN2O2S2/c1-10(16)7-11-3-4-13(12(15)8-11)17-5-6-20-9-14(17)21(2,18)19/h3-4,8,10,14H,5-7,9,16H2,1-2H3. The van der Waals surface area contributed by atoms with Crippen LogP contribution in [0.25, 0.3) is 0 Å². The van der Waals surface area contributed by atoms with E-state index in [0.717, 1.165) is 11.3 Å². The normalized spacial score (nSPS) is 21.3. The molecule has 1 heterocycles. The summed E-state index contributed by atoms with van der Waals surface area (Å²) in [6.45, 7) is 2.40. The lowest BCUT2D eigenvalue weighted by Gasteiger charge is -2.36. The molecule has 2 N–H and O–H groups in total. The fourth-order valence-corrected chi connectivity index (χ4v) is 5.33.